The second kappa shape index (κ2) is 4.83. The van der Waals surface area contributed by atoms with Gasteiger partial charge in [-0.05, 0) is 12.1 Å². The zero-order valence-electron chi connectivity index (χ0n) is 10.3. The van der Waals surface area contributed by atoms with Gasteiger partial charge in [-0.1, -0.05) is 18.7 Å². The molecule has 2 rings (SSSR count). The van der Waals surface area contributed by atoms with Crippen LogP contribution < -0.4 is 9.47 Å². The van der Waals surface area contributed by atoms with Crippen molar-refractivity contribution in [2.75, 3.05) is 19.0 Å². The topological polar surface area (TPSA) is 7.12 Å². The number of aromatic nitrogens is 1. The van der Waals surface area contributed by atoms with Gasteiger partial charge in [-0.3, -0.25) is 0 Å². The Morgan fingerprint density at radius 1 is 1.06 bits per heavy atom. The van der Waals surface area contributed by atoms with Gasteiger partial charge in [0.2, 0.25) is 11.4 Å². The average Bonchev–Trinajstić information content (AvgIpc) is 2.38. The molecule has 0 spiro atoms. The second-order valence-corrected chi connectivity index (χ2v) is 4.08. The summed E-state index contributed by atoms with van der Waals surface area (Å²) in [5.41, 5.74) is 3.43. The Bertz CT molecular complexity index is 530. The summed E-state index contributed by atoms with van der Waals surface area (Å²) in [6, 6.07) is 14.4. The minimum atomic E-state index is 1.08. The second-order valence-electron chi connectivity index (χ2n) is 4.08. The summed E-state index contributed by atoms with van der Waals surface area (Å²) in [6.07, 6.45) is 3.92. The van der Waals surface area contributed by atoms with Gasteiger partial charge in [0.05, 0.1) is 0 Å². The highest BCUT2D eigenvalue weighted by molar-refractivity contribution is 5.58. The Hall–Kier alpha value is -2.09. The highest BCUT2D eigenvalue weighted by atomic mass is 15.1. The fourth-order valence-electron chi connectivity index (χ4n) is 1.89. The lowest BCUT2D eigenvalue weighted by Gasteiger charge is -2.13. The van der Waals surface area contributed by atoms with E-state index in [2.05, 4.69) is 66.7 Å². The van der Waals surface area contributed by atoms with Gasteiger partial charge in [0.15, 0.2) is 6.20 Å². The van der Waals surface area contributed by atoms with Crippen molar-refractivity contribution in [1.82, 2.24) is 0 Å². The smallest absolute Gasteiger partial charge is 0.234 e. The van der Waals surface area contributed by atoms with E-state index in [0.29, 0.717) is 0 Å². The van der Waals surface area contributed by atoms with Crippen molar-refractivity contribution >= 4 is 11.8 Å². The normalized spacial score (nSPS) is 10.0. The first kappa shape index (κ1) is 11.4. The van der Waals surface area contributed by atoms with Crippen LogP contribution in [-0.4, -0.2) is 14.1 Å². The Labute approximate surface area is 102 Å². The molecular formula is C15H17N2+. The van der Waals surface area contributed by atoms with Crippen LogP contribution in [-0.2, 0) is 0 Å². The van der Waals surface area contributed by atoms with E-state index in [-0.39, 0.29) is 0 Å². The summed E-state index contributed by atoms with van der Waals surface area (Å²) >= 11 is 0. The molecule has 0 saturated carbocycles. The number of benzene rings is 1. The van der Waals surface area contributed by atoms with Gasteiger partial charge in [-0.2, -0.15) is 4.57 Å². The van der Waals surface area contributed by atoms with Gasteiger partial charge in [0, 0.05) is 38.4 Å². The molecule has 0 radical (unpaired) electrons. The van der Waals surface area contributed by atoms with E-state index in [1.807, 2.05) is 18.2 Å². The van der Waals surface area contributed by atoms with Crippen molar-refractivity contribution < 1.29 is 4.57 Å². The first-order valence-corrected chi connectivity index (χ1v) is 5.64. The third-order valence-electron chi connectivity index (χ3n) is 2.72. The summed E-state index contributed by atoms with van der Waals surface area (Å²) in [7, 11) is 4.10. The summed E-state index contributed by atoms with van der Waals surface area (Å²) in [6.45, 7) is 3.86. The molecule has 0 aliphatic heterocycles. The molecule has 0 unspecified atom stereocenters. The number of pyridine rings is 1. The van der Waals surface area contributed by atoms with E-state index in [1.54, 1.807) is 0 Å². The standard InChI is InChI=1S/C15H17N2/c1-4-13-9-7-8-12-17(13)15-11-6-5-10-14(15)16(2)3/h4-12H,1H2,2-3H3/q+1. The fraction of sp³-hybridized carbons (Fsp3) is 0.133. The summed E-state index contributed by atoms with van der Waals surface area (Å²) in [5.74, 6) is 0. The molecule has 1 aromatic heterocycles. The lowest BCUT2D eigenvalue weighted by molar-refractivity contribution is -0.597. The minimum absolute atomic E-state index is 1.08. The van der Waals surface area contributed by atoms with Gasteiger partial charge >= 0.3 is 0 Å². The van der Waals surface area contributed by atoms with Crippen LogP contribution in [0.2, 0.25) is 0 Å². The molecule has 17 heavy (non-hydrogen) atoms. The van der Waals surface area contributed by atoms with E-state index < -0.39 is 0 Å². The van der Waals surface area contributed by atoms with E-state index in [1.165, 1.54) is 5.69 Å². The number of hydrogen-bond donors (Lipinski definition) is 0. The molecule has 2 aromatic rings. The van der Waals surface area contributed by atoms with Gasteiger partial charge in [0.1, 0.15) is 5.69 Å². The number of rotatable bonds is 3. The van der Waals surface area contributed by atoms with Gasteiger partial charge in [-0.25, -0.2) is 0 Å². The predicted molar refractivity (Wildman–Crippen MR) is 72.4 cm³/mol. The average molecular weight is 225 g/mol. The molecule has 0 saturated heterocycles. The van der Waals surface area contributed by atoms with Crippen molar-refractivity contribution in [2.24, 2.45) is 0 Å². The Morgan fingerprint density at radius 3 is 2.47 bits per heavy atom. The maximum atomic E-state index is 3.86. The maximum Gasteiger partial charge on any atom is 0.234 e. The molecule has 0 N–H and O–H groups in total. The van der Waals surface area contributed by atoms with Crippen molar-refractivity contribution in [3.05, 3.63) is 60.9 Å². The van der Waals surface area contributed by atoms with Crippen LogP contribution in [0.15, 0.2) is 55.2 Å². The van der Waals surface area contributed by atoms with Crippen LogP contribution in [0.25, 0.3) is 11.8 Å². The molecule has 0 fully saturated rings. The minimum Gasteiger partial charge on any atom is -0.372 e. The molecule has 0 aliphatic carbocycles. The van der Waals surface area contributed by atoms with Crippen LogP contribution in [0.4, 0.5) is 5.69 Å². The SMILES string of the molecule is C=Cc1cccc[n+]1-c1ccccc1N(C)C. The molecular weight excluding hydrogens is 208 g/mol. The first-order chi connectivity index (χ1) is 8.24. The molecule has 1 heterocycles. The molecule has 1 aromatic carbocycles. The zero-order chi connectivity index (χ0) is 12.3. The van der Waals surface area contributed by atoms with Gasteiger partial charge in [0.25, 0.3) is 0 Å². The summed E-state index contributed by atoms with van der Waals surface area (Å²) in [4.78, 5) is 2.11. The molecule has 2 nitrogen and oxygen atoms in total. The Morgan fingerprint density at radius 2 is 1.76 bits per heavy atom. The van der Waals surface area contributed by atoms with Crippen molar-refractivity contribution in [3.8, 4) is 5.69 Å². The van der Waals surface area contributed by atoms with Crippen LogP contribution in [0.1, 0.15) is 5.69 Å². The van der Waals surface area contributed by atoms with E-state index in [0.717, 1.165) is 11.4 Å². The molecule has 0 aliphatic rings. The molecule has 0 atom stereocenters. The van der Waals surface area contributed by atoms with Crippen LogP contribution >= 0.6 is 0 Å². The van der Waals surface area contributed by atoms with E-state index in [9.17, 15) is 0 Å². The number of nitrogens with zero attached hydrogens (tertiary/aromatic N) is 2. The lowest BCUT2D eigenvalue weighted by Crippen LogP contribution is -2.35. The Balaban J connectivity index is 2.64. The van der Waals surface area contributed by atoms with E-state index in [4.69, 9.17) is 0 Å². The largest absolute Gasteiger partial charge is 0.372 e. The molecule has 2 heteroatoms. The van der Waals surface area contributed by atoms with Crippen molar-refractivity contribution in [3.63, 3.8) is 0 Å². The highest BCUT2D eigenvalue weighted by Crippen LogP contribution is 2.18. The highest BCUT2D eigenvalue weighted by Gasteiger charge is 2.15. The fourth-order valence-corrected chi connectivity index (χ4v) is 1.89. The molecule has 0 amide bonds. The quantitative estimate of drug-likeness (QED) is 0.728. The zero-order valence-corrected chi connectivity index (χ0v) is 10.3. The van der Waals surface area contributed by atoms with Crippen LogP contribution in [0, 0.1) is 0 Å². The summed E-state index contributed by atoms with van der Waals surface area (Å²) in [5, 5.41) is 0. The Kier molecular flexibility index (Phi) is 3.24. The summed E-state index contributed by atoms with van der Waals surface area (Å²) < 4.78 is 2.14. The number of para-hydroxylation sites is 2. The predicted octanol–water partition coefficient (Wildman–Crippen LogP) is 2.67. The molecule has 0 bridgehead atoms. The van der Waals surface area contributed by atoms with E-state index >= 15 is 0 Å². The monoisotopic (exact) mass is 225 g/mol. The van der Waals surface area contributed by atoms with Crippen LogP contribution in [0.3, 0.4) is 0 Å². The first-order valence-electron chi connectivity index (χ1n) is 5.64. The third-order valence-corrected chi connectivity index (χ3v) is 2.72. The van der Waals surface area contributed by atoms with Gasteiger partial charge in [-0.15, -0.1) is 0 Å². The number of hydrogen-bond acceptors (Lipinski definition) is 1. The number of anilines is 1. The van der Waals surface area contributed by atoms with Crippen molar-refractivity contribution in [1.29, 1.82) is 0 Å². The lowest BCUT2D eigenvalue weighted by atomic mass is 10.2. The molecule has 86 valence electrons. The van der Waals surface area contributed by atoms with Gasteiger partial charge < -0.3 is 4.90 Å². The third kappa shape index (κ3) is 2.21. The van der Waals surface area contributed by atoms with Crippen LogP contribution in [0.5, 0.6) is 0 Å². The van der Waals surface area contributed by atoms with Crippen molar-refractivity contribution in [2.45, 2.75) is 0 Å². The maximum absolute atomic E-state index is 3.86.